The van der Waals surface area contributed by atoms with Gasteiger partial charge < -0.3 is 9.47 Å². The molecule has 6 rings (SSSR count). The van der Waals surface area contributed by atoms with E-state index >= 15 is 0 Å². The Kier molecular flexibility index (Phi) is 2.22. The summed E-state index contributed by atoms with van der Waals surface area (Å²) in [5.41, 5.74) is 9.43. The number of nitrogens with zero attached hydrogens (tertiary/aromatic N) is 2. The van der Waals surface area contributed by atoms with E-state index in [4.69, 9.17) is 0 Å². The molecule has 1 atom stereocenters. The van der Waals surface area contributed by atoms with Crippen LogP contribution in [0.1, 0.15) is 29.3 Å². The summed E-state index contributed by atoms with van der Waals surface area (Å²) in [6.07, 6.45) is 7.93. The summed E-state index contributed by atoms with van der Waals surface area (Å²) in [5, 5.41) is 0. The third-order valence-corrected chi connectivity index (χ3v) is 5.43. The molecule has 2 aromatic carbocycles. The Bertz CT molecular complexity index is 1050. The second-order valence-corrected chi connectivity index (χ2v) is 6.59. The first-order chi connectivity index (χ1) is 11.9. The van der Waals surface area contributed by atoms with Crippen LogP contribution in [0.2, 0.25) is 0 Å². The SMILES string of the molecule is C1=C2C(=CC1)N1c3ccccc3-n3cccc3C1c1ccccc12. The summed E-state index contributed by atoms with van der Waals surface area (Å²) in [7, 11) is 0. The summed E-state index contributed by atoms with van der Waals surface area (Å²) < 4.78 is 2.34. The molecule has 0 amide bonds. The third kappa shape index (κ3) is 1.37. The summed E-state index contributed by atoms with van der Waals surface area (Å²) in [5.74, 6) is 0. The molecule has 0 N–H and O–H groups in total. The maximum atomic E-state index is 2.53. The van der Waals surface area contributed by atoms with E-state index in [0.29, 0.717) is 0 Å². The molecular formula is C22H16N2. The van der Waals surface area contributed by atoms with Gasteiger partial charge in [-0.25, -0.2) is 0 Å². The minimum Gasteiger partial charge on any atom is -0.326 e. The molecule has 3 aromatic rings. The normalized spacial score (nSPS) is 19.5. The number of benzene rings is 2. The monoisotopic (exact) mass is 308 g/mol. The molecule has 1 unspecified atom stereocenters. The van der Waals surface area contributed by atoms with Gasteiger partial charge in [0.25, 0.3) is 0 Å². The zero-order valence-electron chi connectivity index (χ0n) is 13.2. The summed E-state index contributed by atoms with van der Waals surface area (Å²) in [4.78, 5) is 2.53. The van der Waals surface area contributed by atoms with Gasteiger partial charge in [-0.05, 0) is 41.8 Å². The summed E-state index contributed by atoms with van der Waals surface area (Å²) >= 11 is 0. The molecule has 0 radical (unpaired) electrons. The van der Waals surface area contributed by atoms with Crippen molar-refractivity contribution < 1.29 is 0 Å². The van der Waals surface area contributed by atoms with Gasteiger partial charge in [0.2, 0.25) is 0 Å². The first-order valence-corrected chi connectivity index (χ1v) is 8.49. The van der Waals surface area contributed by atoms with Gasteiger partial charge in [0, 0.05) is 17.5 Å². The first kappa shape index (κ1) is 12.4. The topological polar surface area (TPSA) is 8.17 Å². The number of aromatic nitrogens is 1. The van der Waals surface area contributed by atoms with Gasteiger partial charge in [-0.1, -0.05) is 48.6 Å². The van der Waals surface area contributed by atoms with Crippen molar-refractivity contribution in [2.45, 2.75) is 12.5 Å². The Morgan fingerprint density at radius 1 is 0.792 bits per heavy atom. The highest BCUT2D eigenvalue weighted by Gasteiger charge is 2.40. The Hall–Kier alpha value is -3.00. The van der Waals surface area contributed by atoms with Crippen LogP contribution in [0, 0.1) is 0 Å². The Morgan fingerprint density at radius 3 is 2.58 bits per heavy atom. The molecule has 3 aliphatic rings. The van der Waals surface area contributed by atoms with Crippen LogP contribution in [0.4, 0.5) is 5.69 Å². The highest BCUT2D eigenvalue weighted by molar-refractivity contribution is 5.93. The standard InChI is InChI=1S/C22H16N2/c1-2-8-17-15(7-1)16-9-5-12-18(16)24-20-11-4-3-10-19(20)23-14-6-13-21(23)22(17)24/h1-4,6-14,22H,5H2. The van der Waals surface area contributed by atoms with Gasteiger partial charge in [-0.15, -0.1) is 0 Å². The van der Waals surface area contributed by atoms with Crippen LogP contribution in [0.25, 0.3) is 11.3 Å². The number of anilines is 1. The fraction of sp³-hybridized carbons (Fsp3) is 0.0909. The van der Waals surface area contributed by atoms with Gasteiger partial charge in [0.05, 0.1) is 17.1 Å². The molecule has 1 aromatic heterocycles. The summed E-state index contributed by atoms with van der Waals surface area (Å²) in [6.45, 7) is 0. The minimum atomic E-state index is 0.243. The van der Waals surface area contributed by atoms with E-state index in [-0.39, 0.29) is 6.04 Å². The number of hydrogen-bond donors (Lipinski definition) is 0. The number of hydrogen-bond acceptors (Lipinski definition) is 1. The number of rotatable bonds is 0. The fourth-order valence-corrected chi connectivity index (χ4v) is 4.51. The molecule has 0 fully saturated rings. The first-order valence-electron chi connectivity index (χ1n) is 8.49. The van der Waals surface area contributed by atoms with Crippen molar-refractivity contribution in [2.75, 3.05) is 4.90 Å². The lowest BCUT2D eigenvalue weighted by Crippen LogP contribution is -2.37. The Morgan fingerprint density at radius 2 is 1.62 bits per heavy atom. The summed E-state index contributed by atoms with van der Waals surface area (Å²) in [6, 6.07) is 22.3. The molecule has 2 nitrogen and oxygen atoms in total. The second-order valence-electron chi connectivity index (χ2n) is 6.59. The van der Waals surface area contributed by atoms with E-state index < -0.39 is 0 Å². The zero-order valence-corrected chi connectivity index (χ0v) is 13.2. The number of para-hydroxylation sites is 2. The highest BCUT2D eigenvalue weighted by atomic mass is 15.3. The number of allylic oxidation sites excluding steroid dienone is 3. The van der Waals surface area contributed by atoms with Crippen molar-refractivity contribution >= 4 is 11.3 Å². The van der Waals surface area contributed by atoms with Crippen molar-refractivity contribution in [3.8, 4) is 5.69 Å². The largest absolute Gasteiger partial charge is 0.326 e. The minimum absolute atomic E-state index is 0.243. The van der Waals surface area contributed by atoms with Crippen molar-refractivity contribution in [3.63, 3.8) is 0 Å². The Balaban J connectivity index is 1.75. The van der Waals surface area contributed by atoms with Gasteiger partial charge >= 0.3 is 0 Å². The molecule has 114 valence electrons. The van der Waals surface area contributed by atoms with Gasteiger partial charge in [-0.3, -0.25) is 0 Å². The van der Waals surface area contributed by atoms with Crippen molar-refractivity contribution in [2.24, 2.45) is 0 Å². The van der Waals surface area contributed by atoms with Gasteiger partial charge in [0.1, 0.15) is 6.04 Å². The van der Waals surface area contributed by atoms with E-state index in [9.17, 15) is 0 Å². The quantitative estimate of drug-likeness (QED) is 0.563. The van der Waals surface area contributed by atoms with E-state index in [1.807, 2.05) is 0 Å². The Labute approximate surface area is 141 Å². The lowest BCUT2D eigenvalue weighted by Gasteiger charge is -2.45. The molecule has 0 saturated heterocycles. The second kappa shape index (κ2) is 4.30. The molecule has 1 aliphatic carbocycles. The van der Waals surface area contributed by atoms with Crippen molar-refractivity contribution in [1.82, 2.24) is 4.57 Å². The van der Waals surface area contributed by atoms with Crippen LogP contribution in [0.5, 0.6) is 0 Å². The number of fused-ring (bicyclic) bond motifs is 11. The molecule has 2 aliphatic heterocycles. The van der Waals surface area contributed by atoms with Crippen molar-refractivity contribution in [1.29, 1.82) is 0 Å². The molecule has 0 saturated carbocycles. The fourth-order valence-electron chi connectivity index (χ4n) is 4.51. The molecule has 3 heterocycles. The highest BCUT2D eigenvalue weighted by Crippen LogP contribution is 2.52. The lowest BCUT2D eigenvalue weighted by atomic mass is 9.85. The molecule has 24 heavy (non-hydrogen) atoms. The van der Waals surface area contributed by atoms with E-state index in [2.05, 4.69) is 88.5 Å². The average molecular weight is 308 g/mol. The predicted octanol–water partition coefficient (Wildman–Crippen LogP) is 5.07. The van der Waals surface area contributed by atoms with E-state index in [1.54, 1.807) is 0 Å². The lowest BCUT2D eigenvalue weighted by molar-refractivity contribution is 0.702. The molecular weight excluding hydrogens is 292 g/mol. The van der Waals surface area contributed by atoms with Gasteiger partial charge in [-0.2, -0.15) is 0 Å². The van der Waals surface area contributed by atoms with E-state index in [0.717, 1.165) is 6.42 Å². The third-order valence-electron chi connectivity index (χ3n) is 5.43. The van der Waals surface area contributed by atoms with E-state index in [1.165, 1.54) is 39.5 Å². The smallest absolute Gasteiger partial charge is 0.100 e. The zero-order chi connectivity index (χ0) is 15.7. The van der Waals surface area contributed by atoms with Crippen LogP contribution < -0.4 is 4.90 Å². The maximum Gasteiger partial charge on any atom is 0.100 e. The van der Waals surface area contributed by atoms with Crippen LogP contribution in [-0.4, -0.2) is 4.57 Å². The van der Waals surface area contributed by atoms with Crippen LogP contribution in [0.15, 0.2) is 84.7 Å². The van der Waals surface area contributed by atoms with Crippen LogP contribution >= 0.6 is 0 Å². The van der Waals surface area contributed by atoms with Gasteiger partial charge in [0.15, 0.2) is 0 Å². The predicted molar refractivity (Wildman–Crippen MR) is 97.2 cm³/mol. The maximum absolute atomic E-state index is 2.53. The van der Waals surface area contributed by atoms with Crippen molar-refractivity contribution in [3.05, 3.63) is 102 Å². The molecule has 0 bridgehead atoms. The molecule has 0 spiro atoms. The van der Waals surface area contributed by atoms with Crippen LogP contribution in [-0.2, 0) is 0 Å². The average Bonchev–Trinajstić information content (AvgIpc) is 3.31. The van der Waals surface area contributed by atoms with Crippen LogP contribution in [0.3, 0.4) is 0 Å². The molecule has 2 heteroatoms.